The van der Waals surface area contributed by atoms with Crippen molar-refractivity contribution in [3.8, 4) is 0 Å². The van der Waals surface area contributed by atoms with Crippen LogP contribution in [-0.4, -0.2) is 57.7 Å². The summed E-state index contributed by atoms with van der Waals surface area (Å²) in [4.78, 5) is 29.5. The molecule has 7 nitrogen and oxygen atoms in total. The number of carbonyl (C=O) groups is 2. The van der Waals surface area contributed by atoms with Gasteiger partial charge < -0.3 is 19.3 Å². The molecule has 0 fully saturated rings. The molecule has 0 saturated carbocycles. The smallest absolute Gasteiger partial charge is 0.305 e. The first kappa shape index (κ1) is 35.1. The van der Waals surface area contributed by atoms with Crippen LogP contribution in [0.15, 0.2) is 12.4 Å². The second kappa shape index (κ2) is 25.1. The van der Waals surface area contributed by atoms with E-state index >= 15 is 0 Å². The minimum absolute atomic E-state index is 0.0248. The van der Waals surface area contributed by atoms with Crippen LogP contribution in [0.3, 0.4) is 0 Å². The summed E-state index contributed by atoms with van der Waals surface area (Å²) < 4.78 is 7.62. The van der Waals surface area contributed by atoms with Crippen molar-refractivity contribution in [2.75, 3.05) is 26.2 Å². The van der Waals surface area contributed by atoms with Gasteiger partial charge in [0.2, 0.25) is 0 Å². The van der Waals surface area contributed by atoms with E-state index in [1.165, 1.54) is 70.6 Å². The number of aryl methyl sites for hydroxylation is 2. The lowest BCUT2D eigenvalue weighted by atomic mass is 10.1. The fraction of sp³-hybridized carbons (Fsp3) is 0.844. The number of imidazole rings is 1. The van der Waals surface area contributed by atoms with Gasteiger partial charge in [-0.2, -0.15) is 0 Å². The molecule has 0 atom stereocenters. The van der Waals surface area contributed by atoms with E-state index in [1.807, 2.05) is 6.20 Å². The van der Waals surface area contributed by atoms with Gasteiger partial charge in [-0.25, -0.2) is 4.98 Å². The SMILES string of the molecule is CCCCCCCCCOC(=O)CCCCCCCN(CCCCCCCC(=O)O)CCCn1ccnc1C. The summed E-state index contributed by atoms with van der Waals surface area (Å²) in [7, 11) is 0. The van der Waals surface area contributed by atoms with Gasteiger partial charge in [0.25, 0.3) is 0 Å². The van der Waals surface area contributed by atoms with E-state index in [0.29, 0.717) is 19.4 Å². The summed E-state index contributed by atoms with van der Waals surface area (Å²) in [5.41, 5.74) is 0. The highest BCUT2D eigenvalue weighted by molar-refractivity contribution is 5.69. The molecule has 0 saturated heterocycles. The highest BCUT2D eigenvalue weighted by atomic mass is 16.5. The number of carbonyl (C=O) groups excluding carboxylic acids is 1. The zero-order valence-corrected chi connectivity index (χ0v) is 25.3. The Labute approximate surface area is 239 Å². The number of esters is 1. The molecule has 0 aliphatic carbocycles. The van der Waals surface area contributed by atoms with Crippen LogP contribution in [0.5, 0.6) is 0 Å². The Bertz CT molecular complexity index is 722. The van der Waals surface area contributed by atoms with Crippen LogP contribution in [-0.2, 0) is 20.9 Å². The number of hydrogen-bond donors (Lipinski definition) is 1. The van der Waals surface area contributed by atoms with Gasteiger partial charge in [0, 0.05) is 31.8 Å². The molecule has 1 N–H and O–H groups in total. The van der Waals surface area contributed by atoms with Crippen molar-refractivity contribution >= 4 is 11.9 Å². The Balaban J connectivity index is 2.11. The van der Waals surface area contributed by atoms with Gasteiger partial charge in [0.15, 0.2) is 0 Å². The highest BCUT2D eigenvalue weighted by Crippen LogP contribution is 2.11. The lowest BCUT2D eigenvalue weighted by Crippen LogP contribution is -2.28. The summed E-state index contributed by atoms with van der Waals surface area (Å²) in [5.74, 6) is 0.362. The second-order valence-electron chi connectivity index (χ2n) is 11.1. The number of unbranched alkanes of at least 4 members (excludes halogenated alkanes) is 14. The first-order valence-electron chi connectivity index (χ1n) is 16.1. The molecule has 7 heteroatoms. The summed E-state index contributed by atoms with van der Waals surface area (Å²) in [6.07, 6.45) is 25.5. The quantitative estimate of drug-likeness (QED) is 0.0843. The van der Waals surface area contributed by atoms with Crippen molar-refractivity contribution in [3.63, 3.8) is 0 Å². The van der Waals surface area contributed by atoms with Crippen molar-refractivity contribution in [2.45, 2.75) is 149 Å². The summed E-state index contributed by atoms with van der Waals surface area (Å²) in [5, 5.41) is 8.77. The van der Waals surface area contributed by atoms with E-state index in [1.54, 1.807) is 0 Å². The van der Waals surface area contributed by atoms with Gasteiger partial charge in [0.1, 0.15) is 5.82 Å². The number of rotatable bonds is 28. The predicted octanol–water partition coefficient (Wildman–Crippen LogP) is 7.94. The molecule has 0 spiro atoms. The zero-order valence-electron chi connectivity index (χ0n) is 25.3. The van der Waals surface area contributed by atoms with Crippen molar-refractivity contribution in [2.24, 2.45) is 0 Å². The molecule has 0 aliphatic heterocycles. The minimum Gasteiger partial charge on any atom is -0.481 e. The molecule has 0 aromatic carbocycles. The number of hydrogen-bond acceptors (Lipinski definition) is 5. The fourth-order valence-corrected chi connectivity index (χ4v) is 5.03. The monoisotopic (exact) mass is 549 g/mol. The molecule has 1 rings (SSSR count). The average Bonchev–Trinajstić information content (AvgIpc) is 3.32. The number of aromatic nitrogens is 2. The molecule has 0 bridgehead atoms. The molecule has 1 aromatic heterocycles. The van der Waals surface area contributed by atoms with Crippen molar-refractivity contribution in [1.82, 2.24) is 14.5 Å². The van der Waals surface area contributed by atoms with Gasteiger partial charge in [0.05, 0.1) is 6.61 Å². The van der Waals surface area contributed by atoms with Crippen molar-refractivity contribution < 1.29 is 19.4 Å². The Morgan fingerprint density at radius 1 is 0.769 bits per heavy atom. The van der Waals surface area contributed by atoms with E-state index in [2.05, 4.69) is 34.5 Å². The Kier molecular flexibility index (Phi) is 22.6. The molecule has 226 valence electrons. The summed E-state index contributed by atoms with van der Waals surface area (Å²) in [6.45, 7) is 9.23. The van der Waals surface area contributed by atoms with E-state index in [0.717, 1.165) is 76.9 Å². The second-order valence-corrected chi connectivity index (χ2v) is 11.1. The number of carboxylic acids is 1. The molecule has 0 amide bonds. The van der Waals surface area contributed by atoms with E-state index in [9.17, 15) is 9.59 Å². The van der Waals surface area contributed by atoms with Gasteiger partial charge in [-0.15, -0.1) is 0 Å². The number of carboxylic acid groups (broad SMARTS) is 1. The lowest BCUT2D eigenvalue weighted by molar-refractivity contribution is -0.144. The van der Waals surface area contributed by atoms with Crippen molar-refractivity contribution in [1.29, 1.82) is 0 Å². The van der Waals surface area contributed by atoms with Gasteiger partial charge >= 0.3 is 11.9 Å². The maximum atomic E-state index is 12.0. The normalized spacial score (nSPS) is 11.4. The maximum Gasteiger partial charge on any atom is 0.305 e. The highest BCUT2D eigenvalue weighted by Gasteiger charge is 2.07. The number of ether oxygens (including phenoxy) is 1. The van der Waals surface area contributed by atoms with Gasteiger partial charge in [-0.3, -0.25) is 9.59 Å². The third-order valence-electron chi connectivity index (χ3n) is 7.53. The Morgan fingerprint density at radius 2 is 1.31 bits per heavy atom. The van der Waals surface area contributed by atoms with Crippen LogP contribution in [0.2, 0.25) is 0 Å². The standard InChI is InChI=1S/C32H59N3O4/c1-3-4-5-6-7-14-19-29-39-32(38)22-16-11-9-13-18-25-34(24-17-12-8-10-15-21-31(36)37)26-20-27-35-28-23-33-30(35)2/h23,28H,3-22,24-27,29H2,1-2H3,(H,36,37). The molecular formula is C32H59N3O4. The molecule has 0 unspecified atom stereocenters. The molecule has 0 radical (unpaired) electrons. The fourth-order valence-electron chi connectivity index (χ4n) is 5.03. The molecular weight excluding hydrogens is 490 g/mol. The van der Waals surface area contributed by atoms with Crippen molar-refractivity contribution in [3.05, 3.63) is 18.2 Å². The molecule has 0 aliphatic rings. The third kappa shape index (κ3) is 21.6. The summed E-state index contributed by atoms with van der Waals surface area (Å²) in [6, 6.07) is 0. The van der Waals surface area contributed by atoms with Crippen LogP contribution >= 0.6 is 0 Å². The minimum atomic E-state index is -0.687. The van der Waals surface area contributed by atoms with Crippen LogP contribution in [0.4, 0.5) is 0 Å². The summed E-state index contributed by atoms with van der Waals surface area (Å²) >= 11 is 0. The number of aliphatic carboxylic acids is 1. The first-order chi connectivity index (χ1) is 19.0. The number of nitrogens with zero attached hydrogens (tertiary/aromatic N) is 3. The topological polar surface area (TPSA) is 84.7 Å². The maximum absolute atomic E-state index is 12.0. The molecule has 1 aromatic rings. The van der Waals surface area contributed by atoms with Crippen LogP contribution < -0.4 is 0 Å². The van der Waals surface area contributed by atoms with Crippen LogP contribution in [0.25, 0.3) is 0 Å². The zero-order chi connectivity index (χ0) is 28.4. The Morgan fingerprint density at radius 3 is 1.90 bits per heavy atom. The lowest BCUT2D eigenvalue weighted by Gasteiger charge is -2.22. The van der Waals surface area contributed by atoms with E-state index < -0.39 is 5.97 Å². The first-order valence-corrected chi connectivity index (χ1v) is 16.1. The van der Waals surface area contributed by atoms with Gasteiger partial charge in [-0.05, 0) is 65.1 Å². The molecule has 39 heavy (non-hydrogen) atoms. The van der Waals surface area contributed by atoms with Crippen LogP contribution in [0, 0.1) is 6.92 Å². The third-order valence-corrected chi connectivity index (χ3v) is 7.53. The molecule has 1 heterocycles. The largest absolute Gasteiger partial charge is 0.481 e. The average molecular weight is 550 g/mol. The van der Waals surface area contributed by atoms with E-state index in [4.69, 9.17) is 9.84 Å². The van der Waals surface area contributed by atoms with Crippen LogP contribution in [0.1, 0.15) is 141 Å². The van der Waals surface area contributed by atoms with Gasteiger partial charge in [-0.1, -0.05) is 84.0 Å². The predicted molar refractivity (Wildman–Crippen MR) is 160 cm³/mol. The van der Waals surface area contributed by atoms with E-state index in [-0.39, 0.29) is 5.97 Å². The Hall–Kier alpha value is -1.89.